The first-order valence-corrected chi connectivity index (χ1v) is 9.54. The largest absolute Gasteiger partial charge is 0.491 e. The van der Waals surface area contributed by atoms with Crippen molar-refractivity contribution in [1.82, 2.24) is 9.80 Å². The van der Waals surface area contributed by atoms with E-state index < -0.39 is 12.0 Å². The summed E-state index contributed by atoms with van der Waals surface area (Å²) in [6.07, 6.45) is 1.05. The van der Waals surface area contributed by atoms with Crippen molar-refractivity contribution in [1.29, 1.82) is 0 Å². The number of rotatable bonds is 10. The maximum Gasteiger partial charge on any atom is 0.325 e. The van der Waals surface area contributed by atoms with Gasteiger partial charge in [-0.05, 0) is 51.1 Å². The minimum Gasteiger partial charge on any atom is -0.491 e. The molecule has 1 unspecified atom stereocenters. The number of aliphatic carboxylic acids is 1. The quantitative estimate of drug-likeness (QED) is 0.689. The molecule has 1 atom stereocenters. The molecule has 1 aromatic carbocycles. The lowest BCUT2D eigenvalue weighted by Crippen LogP contribution is -2.39. The fourth-order valence-corrected chi connectivity index (χ4v) is 3.30. The highest BCUT2D eigenvalue weighted by Crippen LogP contribution is 2.24. The van der Waals surface area contributed by atoms with Crippen LogP contribution in [0.25, 0.3) is 0 Å². The molecule has 0 spiro atoms. The van der Waals surface area contributed by atoms with Crippen LogP contribution in [0.4, 0.5) is 0 Å². The first kappa shape index (κ1) is 20.7. The Kier molecular flexibility index (Phi) is 8.35. The van der Waals surface area contributed by atoms with E-state index in [1.165, 1.54) is 0 Å². The predicted molar refractivity (Wildman–Crippen MR) is 102 cm³/mol. The average molecular weight is 364 g/mol. The van der Waals surface area contributed by atoms with E-state index in [1.54, 1.807) is 0 Å². The number of hydrogen-bond acceptors (Lipinski definition) is 5. The van der Waals surface area contributed by atoms with Crippen LogP contribution in [0.15, 0.2) is 24.3 Å². The van der Waals surface area contributed by atoms with E-state index in [-0.39, 0.29) is 6.10 Å². The van der Waals surface area contributed by atoms with Crippen LogP contribution >= 0.6 is 0 Å². The standard InChI is InChI=1S/C20H32N2O4/c1-4-22(11-5-10-21-12-14-25-15-13-21)19(20(23)24)17-6-8-18(9-7-17)26-16(2)3/h6-9,16,19H,4-5,10-15H2,1-3H3,(H,23,24). The Morgan fingerprint density at radius 3 is 2.46 bits per heavy atom. The average Bonchev–Trinajstić information content (AvgIpc) is 2.62. The van der Waals surface area contributed by atoms with Gasteiger partial charge in [0, 0.05) is 19.6 Å². The Morgan fingerprint density at radius 1 is 1.27 bits per heavy atom. The van der Waals surface area contributed by atoms with Crippen LogP contribution in [0.3, 0.4) is 0 Å². The Morgan fingerprint density at radius 2 is 1.92 bits per heavy atom. The number of hydrogen-bond donors (Lipinski definition) is 1. The topological polar surface area (TPSA) is 62.2 Å². The highest BCUT2D eigenvalue weighted by molar-refractivity contribution is 5.75. The van der Waals surface area contributed by atoms with Crippen molar-refractivity contribution in [3.8, 4) is 5.75 Å². The van der Waals surface area contributed by atoms with Crippen LogP contribution in [0.1, 0.15) is 38.8 Å². The SMILES string of the molecule is CCN(CCCN1CCOCC1)C(C(=O)O)c1ccc(OC(C)C)cc1. The zero-order valence-corrected chi connectivity index (χ0v) is 16.2. The Bertz CT molecular complexity index is 541. The van der Waals surface area contributed by atoms with E-state index in [1.807, 2.05) is 49.9 Å². The summed E-state index contributed by atoms with van der Waals surface area (Å²) in [6, 6.07) is 6.81. The number of likely N-dealkylation sites (N-methyl/N-ethyl adjacent to an activating group) is 1. The lowest BCUT2D eigenvalue weighted by Gasteiger charge is -2.30. The molecule has 1 heterocycles. The van der Waals surface area contributed by atoms with E-state index in [0.29, 0.717) is 6.54 Å². The van der Waals surface area contributed by atoms with Crippen LogP contribution in [0.2, 0.25) is 0 Å². The number of ether oxygens (including phenoxy) is 2. The summed E-state index contributed by atoms with van der Waals surface area (Å²) in [7, 11) is 0. The molecule has 0 radical (unpaired) electrons. The van der Waals surface area contributed by atoms with Crippen molar-refractivity contribution in [2.75, 3.05) is 45.9 Å². The van der Waals surface area contributed by atoms with Gasteiger partial charge < -0.3 is 14.6 Å². The zero-order chi connectivity index (χ0) is 18.9. The Hall–Kier alpha value is -1.63. The number of carbonyl (C=O) groups is 1. The van der Waals surface area contributed by atoms with Gasteiger partial charge in [-0.15, -0.1) is 0 Å². The lowest BCUT2D eigenvalue weighted by molar-refractivity contribution is -0.143. The summed E-state index contributed by atoms with van der Waals surface area (Å²) >= 11 is 0. The minimum atomic E-state index is -0.809. The van der Waals surface area contributed by atoms with Gasteiger partial charge in [0.25, 0.3) is 0 Å². The Balaban J connectivity index is 1.97. The minimum absolute atomic E-state index is 0.100. The van der Waals surface area contributed by atoms with Gasteiger partial charge in [0.1, 0.15) is 11.8 Å². The number of carboxylic acid groups (broad SMARTS) is 1. The molecule has 0 aromatic heterocycles. The smallest absolute Gasteiger partial charge is 0.325 e. The summed E-state index contributed by atoms with van der Waals surface area (Å²) < 4.78 is 11.0. The molecular weight excluding hydrogens is 332 g/mol. The molecule has 26 heavy (non-hydrogen) atoms. The number of morpholine rings is 1. The maximum atomic E-state index is 11.9. The van der Waals surface area contributed by atoms with Gasteiger partial charge in [-0.3, -0.25) is 14.6 Å². The highest BCUT2D eigenvalue weighted by Gasteiger charge is 2.26. The second kappa shape index (κ2) is 10.5. The lowest BCUT2D eigenvalue weighted by atomic mass is 10.0. The number of benzene rings is 1. The normalized spacial score (nSPS) is 16.8. The fourth-order valence-electron chi connectivity index (χ4n) is 3.30. The maximum absolute atomic E-state index is 11.9. The Labute approximate surface area is 156 Å². The zero-order valence-electron chi connectivity index (χ0n) is 16.2. The summed E-state index contributed by atoms with van der Waals surface area (Å²) in [5.74, 6) is -0.0426. The molecule has 6 nitrogen and oxygen atoms in total. The van der Waals surface area contributed by atoms with Crippen molar-refractivity contribution >= 4 is 5.97 Å². The van der Waals surface area contributed by atoms with Gasteiger partial charge >= 0.3 is 5.97 Å². The highest BCUT2D eigenvalue weighted by atomic mass is 16.5. The molecule has 6 heteroatoms. The van der Waals surface area contributed by atoms with Gasteiger partial charge in [0.05, 0.1) is 19.3 Å². The van der Waals surface area contributed by atoms with E-state index in [9.17, 15) is 9.90 Å². The molecule has 2 rings (SSSR count). The number of nitrogens with zero attached hydrogens (tertiary/aromatic N) is 2. The first-order chi connectivity index (χ1) is 12.5. The van der Waals surface area contributed by atoms with Crippen LogP contribution in [0.5, 0.6) is 5.75 Å². The van der Waals surface area contributed by atoms with E-state index in [2.05, 4.69) is 4.90 Å². The molecule has 0 bridgehead atoms. The summed E-state index contributed by atoms with van der Waals surface area (Å²) in [6.45, 7) is 11.9. The number of carboxylic acids is 1. The van der Waals surface area contributed by atoms with E-state index in [4.69, 9.17) is 9.47 Å². The molecule has 146 valence electrons. The monoisotopic (exact) mass is 364 g/mol. The third-order valence-electron chi connectivity index (χ3n) is 4.60. The fraction of sp³-hybridized carbons (Fsp3) is 0.650. The predicted octanol–water partition coefficient (Wildman–Crippen LogP) is 2.64. The van der Waals surface area contributed by atoms with Gasteiger partial charge in [-0.1, -0.05) is 19.1 Å². The van der Waals surface area contributed by atoms with Gasteiger partial charge in [0.2, 0.25) is 0 Å². The van der Waals surface area contributed by atoms with Gasteiger partial charge in [-0.2, -0.15) is 0 Å². The third kappa shape index (κ3) is 6.27. The van der Waals surface area contributed by atoms with Crippen molar-refractivity contribution in [3.63, 3.8) is 0 Å². The van der Waals surface area contributed by atoms with Crippen LogP contribution < -0.4 is 4.74 Å². The van der Waals surface area contributed by atoms with Crippen molar-refractivity contribution in [3.05, 3.63) is 29.8 Å². The molecule has 1 N–H and O–H groups in total. The molecule has 0 aliphatic carbocycles. The second-order valence-electron chi connectivity index (χ2n) is 6.91. The summed E-state index contributed by atoms with van der Waals surface area (Å²) in [5, 5.41) is 9.79. The molecule has 0 saturated carbocycles. The molecule has 1 aromatic rings. The van der Waals surface area contributed by atoms with Gasteiger partial charge in [0.15, 0.2) is 0 Å². The molecule has 1 saturated heterocycles. The summed E-state index contributed by atoms with van der Waals surface area (Å²) in [5.41, 5.74) is 0.793. The van der Waals surface area contributed by atoms with Gasteiger partial charge in [-0.25, -0.2) is 0 Å². The molecule has 1 aliphatic heterocycles. The summed E-state index contributed by atoms with van der Waals surface area (Å²) in [4.78, 5) is 16.3. The van der Waals surface area contributed by atoms with Crippen LogP contribution in [-0.2, 0) is 9.53 Å². The molecule has 0 amide bonds. The molecular formula is C20H32N2O4. The van der Waals surface area contributed by atoms with Crippen LogP contribution in [0, 0.1) is 0 Å². The first-order valence-electron chi connectivity index (χ1n) is 9.54. The van der Waals surface area contributed by atoms with Crippen molar-refractivity contribution in [2.45, 2.75) is 39.3 Å². The van der Waals surface area contributed by atoms with E-state index in [0.717, 1.165) is 57.1 Å². The van der Waals surface area contributed by atoms with Crippen molar-refractivity contribution in [2.24, 2.45) is 0 Å². The third-order valence-corrected chi connectivity index (χ3v) is 4.60. The van der Waals surface area contributed by atoms with Crippen molar-refractivity contribution < 1.29 is 19.4 Å². The van der Waals surface area contributed by atoms with Crippen LogP contribution in [-0.4, -0.2) is 72.9 Å². The molecule has 1 fully saturated rings. The van der Waals surface area contributed by atoms with E-state index >= 15 is 0 Å². The molecule has 1 aliphatic rings. The second-order valence-corrected chi connectivity index (χ2v) is 6.91.